The van der Waals surface area contributed by atoms with Gasteiger partial charge in [-0.2, -0.15) is 0 Å². The summed E-state index contributed by atoms with van der Waals surface area (Å²) in [5.41, 5.74) is 0.439. The Labute approximate surface area is 142 Å². The van der Waals surface area contributed by atoms with Gasteiger partial charge < -0.3 is 15.1 Å². The second-order valence-electron chi connectivity index (χ2n) is 6.63. The molecule has 1 fully saturated rings. The Hall–Kier alpha value is -1.59. The quantitative estimate of drug-likeness (QED) is 0.862. The van der Waals surface area contributed by atoms with Gasteiger partial charge in [0.2, 0.25) is 11.8 Å². The van der Waals surface area contributed by atoms with Gasteiger partial charge in [0.05, 0.1) is 0 Å². The third kappa shape index (κ3) is 4.03. The van der Waals surface area contributed by atoms with Gasteiger partial charge in [-0.05, 0) is 51.6 Å². The minimum absolute atomic E-state index is 0.130. The summed E-state index contributed by atoms with van der Waals surface area (Å²) >= 11 is 5.93. The molecule has 1 aliphatic heterocycles. The molecule has 1 aromatic carbocycles. The number of hydrogen-bond donors (Lipinski definition) is 1. The number of nitrogens with zero attached hydrogens (tertiary/aromatic N) is 2. The van der Waals surface area contributed by atoms with Crippen LogP contribution < -0.4 is 5.32 Å². The summed E-state index contributed by atoms with van der Waals surface area (Å²) in [7, 11) is 2.03. The lowest BCUT2D eigenvalue weighted by Gasteiger charge is -2.36. The highest BCUT2D eigenvalue weighted by atomic mass is 35.5. The van der Waals surface area contributed by atoms with E-state index in [-0.39, 0.29) is 11.8 Å². The van der Waals surface area contributed by atoms with Crippen LogP contribution in [0.2, 0.25) is 5.02 Å². The van der Waals surface area contributed by atoms with Crippen LogP contribution in [-0.2, 0) is 9.59 Å². The number of rotatable bonds is 3. The molecule has 1 N–H and O–H groups in total. The van der Waals surface area contributed by atoms with Crippen molar-refractivity contribution in [3.63, 3.8) is 0 Å². The number of anilines is 1. The van der Waals surface area contributed by atoms with Crippen LogP contribution >= 0.6 is 11.6 Å². The molecule has 0 atom stereocenters. The molecule has 0 unspecified atom stereocenters. The van der Waals surface area contributed by atoms with E-state index >= 15 is 0 Å². The predicted molar refractivity (Wildman–Crippen MR) is 92.7 cm³/mol. The minimum Gasteiger partial charge on any atom is -0.339 e. The first-order valence-corrected chi connectivity index (χ1v) is 8.15. The molecule has 0 radical (unpaired) electrons. The maximum Gasteiger partial charge on any atom is 0.239 e. The van der Waals surface area contributed by atoms with Crippen molar-refractivity contribution in [1.82, 2.24) is 9.80 Å². The molecule has 23 heavy (non-hydrogen) atoms. The molecular weight excluding hydrogens is 314 g/mol. The molecule has 1 aliphatic rings. The molecule has 5 nitrogen and oxygen atoms in total. The highest BCUT2D eigenvalue weighted by Gasteiger charge is 2.40. The van der Waals surface area contributed by atoms with Crippen molar-refractivity contribution in [2.75, 3.05) is 38.5 Å². The Kier molecular flexibility index (Phi) is 5.32. The standard InChI is InChI=1S/C17H24ClN3O2/c1-12-11-13(18)5-6-14(12)19-15(22)17(2,3)16(23)21-9-7-20(4)8-10-21/h5-6,11H,7-10H2,1-4H3,(H,19,22). The molecule has 0 bridgehead atoms. The zero-order chi connectivity index (χ0) is 17.2. The number of benzene rings is 1. The molecule has 1 saturated heterocycles. The Balaban J connectivity index is 2.08. The summed E-state index contributed by atoms with van der Waals surface area (Å²) in [6.45, 7) is 8.21. The number of nitrogens with one attached hydrogen (secondary N) is 1. The van der Waals surface area contributed by atoms with Gasteiger partial charge in [0.15, 0.2) is 0 Å². The van der Waals surface area contributed by atoms with Crippen molar-refractivity contribution in [3.8, 4) is 0 Å². The third-order valence-corrected chi connectivity index (χ3v) is 4.56. The van der Waals surface area contributed by atoms with Crippen LogP contribution in [-0.4, -0.2) is 54.8 Å². The van der Waals surface area contributed by atoms with Gasteiger partial charge in [-0.25, -0.2) is 0 Å². The second kappa shape index (κ2) is 6.89. The van der Waals surface area contributed by atoms with Crippen LogP contribution in [0.4, 0.5) is 5.69 Å². The minimum atomic E-state index is -1.11. The number of carbonyl (C=O) groups is 2. The third-order valence-electron chi connectivity index (χ3n) is 4.33. The summed E-state index contributed by atoms with van der Waals surface area (Å²) in [4.78, 5) is 29.3. The van der Waals surface area contributed by atoms with Gasteiger partial charge in [0.1, 0.15) is 5.41 Å². The number of amides is 2. The van der Waals surface area contributed by atoms with Gasteiger partial charge in [0.25, 0.3) is 0 Å². The van der Waals surface area contributed by atoms with E-state index < -0.39 is 5.41 Å². The molecule has 1 heterocycles. The SMILES string of the molecule is Cc1cc(Cl)ccc1NC(=O)C(C)(C)C(=O)N1CCN(C)CC1. The molecule has 2 amide bonds. The topological polar surface area (TPSA) is 52.7 Å². The monoisotopic (exact) mass is 337 g/mol. The van der Waals surface area contributed by atoms with Crippen molar-refractivity contribution < 1.29 is 9.59 Å². The Morgan fingerprint density at radius 1 is 1.17 bits per heavy atom. The molecule has 0 aromatic heterocycles. The number of carbonyl (C=O) groups excluding carboxylic acids is 2. The number of likely N-dealkylation sites (N-methyl/N-ethyl adjacent to an activating group) is 1. The molecule has 6 heteroatoms. The van der Waals surface area contributed by atoms with Crippen molar-refractivity contribution >= 4 is 29.1 Å². The molecule has 126 valence electrons. The molecule has 2 rings (SSSR count). The molecule has 1 aromatic rings. The van der Waals surface area contributed by atoms with Crippen molar-refractivity contribution in [2.45, 2.75) is 20.8 Å². The van der Waals surface area contributed by atoms with E-state index in [2.05, 4.69) is 10.2 Å². The average molecular weight is 338 g/mol. The first-order valence-electron chi connectivity index (χ1n) is 7.77. The van der Waals surface area contributed by atoms with E-state index in [4.69, 9.17) is 11.6 Å². The lowest BCUT2D eigenvalue weighted by molar-refractivity contribution is -0.147. The zero-order valence-corrected chi connectivity index (χ0v) is 14.9. The lowest BCUT2D eigenvalue weighted by atomic mass is 9.89. The Morgan fingerprint density at radius 2 is 1.78 bits per heavy atom. The van der Waals surface area contributed by atoms with Gasteiger partial charge in [-0.3, -0.25) is 9.59 Å². The van der Waals surface area contributed by atoms with Crippen molar-refractivity contribution in [1.29, 1.82) is 0 Å². The smallest absolute Gasteiger partial charge is 0.239 e. The van der Waals surface area contributed by atoms with Crippen LogP contribution in [0.5, 0.6) is 0 Å². The van der Waals surface area contributed by atoms with Crippen LogP contribution in [0, 0.1) is 12.3 Å². The van der Waals surface area contributed by atoms with E-state index in [9.17, 15) is 9.59 Å². The van der Waals surface area contributed by atoms with Crippen molar-refractivity contribution in [2.24, 2.45) is 5.41 Å². The number of halogens is 1. The van der Waals surface area contributed by atoms with Crippen molar-refractivity contribution in [3.05, 3.63) is 28.8 Å². The van der Waals surface area contributed by atoms with E-state index in [0.717, 1.165) is 18.7 Å². The predicted octanol–water partition coefficient (Wildman–Crippen LogP) is 2.39. The maximum absolute atomic E-state index is 12.7. The first-order chi connectivity index (χ1) is 10.7. The van der Waals surface area contributed by atoms with Gasteiger partial charge in [0, 0.05) is 36.9 Å². The number of hydrogen-bond acceptors (Lipinski definition) is 3. The average Bonchev–Trinajstić information content (AvgIpc) is 2.50. The van der Waals surface area contributed by atoms with Gasteiger partial charge in [-0.1, -0.05) is 11.6 Å². The fourth-order valence-corrected chi connectivity index (χ4v) is 2.77. The van der Waals surface area contributed by atoms with Crippen LogP contribution in [0.1, 0.15) is 19.4 Å². The summed E-state index contributed by atoms with van der Waals surface area (Å²) in [6, 6.07) is 5.26. The van der Waals surface area contributed by atoms with Crippen LogP contribution in [0.3, 0.4) is 0 Å². The molecular formula is C17H24ClN3O2. The fraction of sp³-hybridized carbons (Fsp3) is 0.529. The zero-order valence-electron chi connectivity index (χ0n) is 14.1. The van der Waals surface area contributed by atoms with E-state index in [1.165, 1.54) is 0 Å². The highest BCUT2D eigenvalue weighted by Crippen LogP contribution is 2.25. The highest BCUT2D eigenvalue weighted by molar-refractivity contribution is 6.30. The molecule has 0 saturated carbocycles. The number of aryl methyl sites for hydroxylation is 1. The van der Waals surface area contributed by atoms with E-state index in [1.54, 1.807) is 36.9 Å². The summed E-state index contributed by atoms with van der Waals surface area (Å²) < 4.78 is 0. The normalized spacial score (nSPS) is 16.3. The first kappa shape index (κ1) is 17.8. The Morgan fingerprint density at radius 3 is 2.35 bits per heavy atom. The van der Waals surface area contributed by atoms with Gasteiger partial charge in [-0.15, -0.1) is 0 Å². The van der Waals surface area contributed by atoms with Crippen LogP contribution in [0.15, 0.2) is 18.2 Å². The molecule has 0 aliphatic carbocycles. The fourth-order valence-electron chi connectivity index (χ4n) is 2.55. The largest absolute Gasteiger partial charge is 0.339 e. The summed E-state index contributed by atoms with van der Waals surface area (Å²) in [5, 5.41) is 3.47. The van der Waals surface area contributed by atoms with Crippen LogP contribution in [0.25, 0.3) is 0 Å². The van der Waals surface area contributed by atoms with Gasteiger partial charge >= 0.3 is 0 Å². The summed E-state index contributed by atoms with van der Waals surface area (Å²) in [6.07, 6.45) is 0. The second-order valence-corrected chi connectivity index (χ2v) is 7.07. The summed E-state index contributed by atoms with van der Waals surface area (Å²) in [5.74, 6) is -0.429. The molecule has 0 spiro atoms. The Bertz CT molecular complexity index is 608. The van der Waals surface area contributed by atoms with E-state index in [0.29, 0.717) is 23.8 Å². The lowest BCUT2D eigenvalue weighted by Crippen LogP contribution is -2.53. The number of piperazine rings is 1. The van der Waals surface area contributed by atoms with E-state index in [1.807, 2.05) is 14.0 Å². The maximum atomic E-state index is 12.7.